The zero-order valence-electron chi connectivity index (χ0n) is 8.69. The Balaban J connectivity index is 4.10. The van der Waals surface area contributed by atoms with Gasteiger partial charge in [0.2, 0.25) is 5.91 Å². The van der Waals surface area contributed by atoms with Crippen LogP contribution < -0.4 is 0 Å². The van der Waals surface area contributed by atoms with E-state index in [1.807, 2.05) is 13.8 Å². The number of aliphatic carboxylic acids is 1. The van der Waals surface area contributed by atoms with Gasteiger partial charge in [0.15, 0.2) is 0 Å². The van der Waals surface area contributed by atoms with Crippen LogP contribution >= 0.6 is 0 Å². The van der Waals surface area contributed by atoms with Crippen molar-refractivity contribution in [3.8, 4) is 0 Å². The highest BCUT2D eigenvalue weighted by atomic mass is 16.4. The highest BCUT2D eigenvalue weighted by Crippen LogP contribution is 1.96. The summed E-state index contributed by atoms with van der Waals surface area (Å²) in [6.07, 6.45) is 3.94. The van der Waals surface area contributed by atoms with Crippen molar-refractivity contribution in [2.45, 2.75) is 26.7 Å². The molecule has 0 unspecified atom stereocenters. The molecule has 0 aromatic rings. The van der Waals surface area contributed by atoms with Crippen molar-refractivity contribution >= 4 is 11.9 Å². The number of unbranched alkanes of at least 4 members (excludes halogenated alkanes) is 1. The molecule has 1 N–H and O–H groups in total. The predicted molar refractivity (Wildman–Crippen MR) is 53.9 cm³/mol. The molecule has 0 aliphatic heterocycles. The minimum Gasteiger partial charge on any atom is -0.478 e. The number of likely N-dealkylation sites (N-methyl/N-ethyl adjacent to an activating group) is 1. The third kappa shape index (κ3) is 5.35. The minimum absolute atomic E-state index is 0.233. The summed E-state index contributed by atoms with van der Waals surface area (Å²) in [5, 5.41) is 8.34. The fourth-order valence-electron chi connectivity index (χ4n) is 1.02. The van der Waals surface area contributed by atoms with Gasteiger partial charge in [-0.05, 0) is 13.3 Å². The van der Waals surface area contributed by atoms with Crippen LogP contribution in [0.15, 0.2) is 12.2 Å². The van der Waals surface area contributed by atoms with Gasteiger partial charge in [0.25, 0.3) is 0 Å². The third-order valence-electron chi connectivity index (χ3n) is 1.84. The highest BCUT2D eigenvalue weighted by molar-refractivity contribution is 5.93. The summed E-state index contributed by atoms with van der Waals surface area (Å²) in [5.41, 5.74) is 0. The van der Waals surface area contributed by atoms with Gasteiger partial charge in [-0.25, -0.2) is 4.79 Å². The van der Waals surface area contributed by atoms with Gasteiger partial charge < -0.3 is 10.0 Å². The first-order valence-electron chi connectivity index (χ1n) is 4.81. The summed E-state index contributed by atoms with van der Waals surface area (Å²) in [6, 6.07) is 0. The average molecular weight is 199 g/mol. The number of carbonyl (C=O) groups is 2. The molecule has 0 aromatic carbocycles. The second-order valence-electron chi connectivity index (χ2n) is 2.94. The van der Waals surface area contributed by atoms with Crippen molar-refractivity contribution in [1.29, 1.82) is 0 Å². The summed E-state index contributed by atoms with van der Waals surface area (Å²) < 4.78 is 0. The molecule has 0 radical (unpaired) electrons. The van der Waals surface area contributed by atoms with E-state index in [1.54, 1.807) is 4.90 Å². The van der Waals surface area contributed by atoms with E-state index in [4.69, 9.17) is 5.11 Å². The van der Waals surface area contributed by atoms with Crippen LogP contribution in [0, 0.1) is 0 Å². The lowest BCUT2D eigenvalue weighted by atomic mass is 10.3. The molecular formula is C10H17NO3. The van der Waals surface area contributed by atoms with E-state index in [0.717, 1.165) is 25.0 Å². The molecule has 80 valence electrons. The molecule has 4 heteroatoms. The van der Waals surface area contributed by atoms with Crippen LogP contribution in [-0.2, 0) is 9.59 Å². The molecule has 0 aromatic heterocycles. The van der Waals surface area contributed by atoms with E-state index < -0.39 is 5.97 Å². The normalized spacial score (nSPS) is 10.4. The van der Waals surface area contributed by atoms with E-state index in [-0.39, 0.29) is 5.91 Å². The molecule has 0 atom stereocenters. The average Bonchev–Trinajstić information content (AvgIpc) is 2.16. The van der Waals surface area contributed by atoms with Gasteiger partial charge in [0, 0.05) is 25.2 Å². The smallest absolute Gasteiger partial charge is 0.328 e. The Morgan fingerprint density at radius 1 is 1.29 bits per heavy atom. The Morgan fingerprint density at radius 3 is 2.36 bits per heavy atom. The van der Waals surface area contributed by atoms with E-state index in [9.17, 15) is 9.59 Å². The number of nitrogens with zero attached hydrogens (tertiary/aromatic N) is 1. The second-order valence-corrected chi connectivity index (χ2v) is 2.94. The number of hydrogen-bond donors (Lipinski definition) is 1. The van der Waals surface area contributed by atoms with E-state index in [1.165, 1.54) is 0 Å². The molecule has 0 heterocycles. The van der Waals surface area contributed by atoms with E-state index >= 15 is 0 Å². The van der Waals surface area contributed by atoms with Gasteiger partial charge in [-0.2, -0.15) is 0 Å². The monoisotopic (exact) mass is 199 g/mol. The van der Waals surface area contributed by atoms with Gasteiger partial charge in [-0.15, -0.1) is 0 Å². The lowest BCUT2D eigenvalue weighted by Crippen LogP contribution is -2.30. The van der Waals surface area contributed by atoms with E-state index in [0.29, 0.717) is 13.1 Å². The molecule has 4 nitrogen and oxygen atoms in total. The molecule has 0 saturated heterocycles. The number of rotatable bonds is 6. The van der Waals surface area contributed by atoms with Crippen LogP contribution in [0.3, 0.4) is 0 Å². The molecule has 14 heavy (non-hydrogen) atoms. The lowest BCUT2D eigenvalue weighted by molar-refractivity contribution is -0.132. The largest absolute Gasteiger partial charge is 0.478 e. The maximum Gasteiger partial charge on any atom is 0.328 e. The summed E-state index contributed by atoms with van der Waals surface area (Å²) in [4.78, 5) is 23.2. The van der Waals surface area contributed by atoms with Gasteiger partial charge in [0.1, 0.15) is 0 Å². The predicted octanol–water partition coefficient (Wildman–Crippen LogP) is 1.28. The first-order valence-corrected chi connectivity index (χ1v) is 4.81. The molecule has 0 aliphatic carbocycles. The van der Waals surface area contributed by atoms with Crippen LogP contribution in [0.25, 0.3) is 0 Å². The topological polar surface area (TPSA) is 57.6 Å². The molecule has 0 spiro atoms. The zero-order chi connectivity index (χ0) is 11.0. The fourth-order valence-corrected chi connectivity index (χ4v) is 1.02. The molecule has 0 fully saturated rings. The second kappa shape index (κ2) is 7.12. The quantitative estimate of drug-likeness (QED) is 0.655. The van der Waals surface area contributed by atoms with Crippen molar-refractivity contribution in [3.63, 3.8) is 0 Å². The van der Waals surface area contributed by atoms with Crippen LogP contribution in [-0.4, -0.2) is 35.0 Å². The molecule has 0 bridgehead atoms. The fraction of sp³-hybridized carbons (Fsp3) is 0.600. The van der Waals surface area contributed by atoms with Gasteiger partial charge in [-0.3, -0.25) is 4.79 Å². The lowest BCUT2D eigenvalue weighted by Gasteiger charge is -2.18. The first-order chi connectivity index (χ1) is 6.61. The number of carboxylic acid groups (broad SMARTS) is 1. The van der Waals surface area contributed by atoms with Crippen LogP contribution in [0.1, 0.15) is 26.7 Å². The first kappa shape index (κ1) is 12.7. The standard InChI is InChI=1S/C10H17NO3/c1-3-5-8-11(4-2)9(12)6-7-10(13)14/h6-7H,3-5,8H2,1-2H3,(H,13,14). The van der Waals surface area contributed by atoms with Crippen molar-refractivity contribution in [1.82, 2.24) is 4.90 Å². The summed E-state index contributed by atoms with van der Waals surface area (Å²) in [5.74, 6) is -1.33. The summed E-state index contributed by atoms with van der Waals surface area (Å²) >= 11 is 0. The third-order valence-corrected chi connectivity index (χ3v) is 1.84. The SMILES string of the molecule is CCCCN(CC)C(=O)C=CC(=O)O. The Kier molecular flexibility index (Phi) is 6.45. The van der Waals surface area contributed by atoms with Gasteiger partial charge in [0.05, 0.1) is 0 Å². The Hall–Kier alpha value is -1.32. The Labute approximate surface area is 84.2 Å². The van der Waals surface area contributed by atoms with Crippen molar-refractivity contribution in [2.24, 2.45) is 0 Å². The maximum absolute atomic E-state index is 11.4. The van der Waals surface area contributed by atoms with E-state index in [2.05, 4.69) is 0 Å². The number of hydrogen-bond acceptors (Lipinski definition) is 2. The van der Waals surface area contributed by atoms with Gasteiger partial charge in [-0.1, -0.05) is 13.3 Å². The summed E-state index contributed by atoms with van der Waals surface area (Å²) in [6.45, 7) is 5.23. The number of carboxylic acids is 1. The van der Waals surface area contributed by atoms with Gasteiger partial charge >= 0.3 is 5.97 Å². The molecule has 0 saturated carbocycles. The number of carbonyl (C=O) groups excluding carboxylic acids is 1. The molecular weight excluding hydrogens is 182 g/mol. The zero-order valence-corrected chi connectivity index (χ0v) is 8.69. The summed E-state index contributed by atoms with van der Waals surface area (Å²) in [7, 11) is 0. The van der Waals surface area contributed by atoms with Crippen molar-refractivity contribution < 1.29 is 14.7 Å². The number of amides is 1. The minimum atomic E-state index is -1.09. The maximum atomic E-state index is 11.4. The van der Waals surface area contributed by atoms with Crippen molar-refractivity contribution in [3.05, 3.63) is 12.2 Å². The molecule has 1 amide bonds. The highest BCUT2D eigenvalue weighted by Gasteiger charge is 2.07. The van der Waals surface area contributed by atoms with Crippen molar-refractivity contribution in [2.75, 3.05) is 13.1 Å². The molecule has 0 aliphatic rings. The Bertz CT molecular complexity index is 223. The molecule has 0 rings (SSSR count). The Morgan fingerprint density at radius 2 is 1.93 bits per heavy atom. The van der Waals surface area contributed by atoms with Crippen LogP contribution in [0.4, 0.5) is 0 Å². The van der Waals surface area contributed by atoms with Crippen LogP contribution in [0.5, 0.6) is 0 Å². The van der Waals surface area contributed by atoms with Crippen LogP contribution in [0.2, 0.25) is 0 Å².